The molecule has 4 nitrogen and oxygen atoms in total. The maximum atomic E-state index is 12.1. The zero-order valence-corrected chi connectivity index (χ0v) is 16.7. The second-order valence-corrected chi connectivity index (χ2v) is 10.6. The van der Waals surface area contributed by atoms with E-state index in [1.807, 2.05) is 0 Å². The van der Waals surface area contributed by atoms with E-state index < -0.39 is 0 Å². The highest BCUT2D eigenvalue weighted by Gasteiger charge is 2.78. The summed E-state index contributed by atoms with van der Waals surface area (Å²) < 4.78 is 6.16. The smallest absolute Gasteiger partial charge is 0.306 e. The summed E-state index contributed by atoms with van der Waals surface area (Å²) in [4.78, 5) is 12.1. The molecule has 4 saturated carbocycles. The van der Waals surface area contributed by atoms with E-state index in [0.29, 0.717) is 35.8 Å². The Kier molecular flexibility index (Phi) is 3.32. The average molecular weight is 390 g/mol. The van der Waals surface area contributed by atoms with Crippen LogP contribution < -0.4 is 0 Å². The van der Waals surface area contributed by atoms with Crippen molar-refractivity contribution >= 4 is 23.3 Å². The van der Waals surface area contributed by atoms with Gasteiger partial charge in [-0.2, -0.15) is 0 Å². The Bertz CT molecular complexity index is 790. The summed E-state index contributed by atoms with van der Waals surface area (Å²) in [6, 6.07) is 0. The Balaban J connectivity index is 1.36. The second-order valence-electron chi connectivity index (χ2n) is 10.2. The van der Waals surface area contributed by atoms with Crippen LogP contribution in [-0.2, 0) is 9.53 Å². The van der Waals surface area contributed by atoms with Crippen LogP contribution >= 0.6 is 11.6 Å². The number of carbonyl (C=O) groups excluding carboxylic acids is 1. The number of esters is 1. The van der Waals surface area contributed by atoms with Crippen molar-refractivity contribution < 1.29 is 14.7 Å². The molecule has 5 fully saturated rings. The van der Waals surface area contributed by atoms with E-state index in [1.54, 1.807) is 0 Å². The van der Waals surface area contributed by atoms with Crippen molar-refractivity contribution in [3.05, 3.63) is 10.6 Å². The standard InChI is InChI=1S/C22H28ClNO3/c1-21-8-6-12-11-4-5-17(24-26)20(23)14(11)3-2-13(12)19(21)15-10-16(15)22(21)9-7-18(25)27-22/h11-13,15-16,19,26H,2-10H2,1H3/b24-17+/t11-,12?,13?,15?,16?,19?,21+,22+/m1/s1. The third-order valence-corrected chi connectivity index (χ3v) is 10.1. The van der Waals surface area contributed by atoms with E-state index in [-0.39, 0.29) is 17.0 Å². The molecule has 6 aliphatic rings. The van der Waals surface area contributed by atoms with E-state index in [9.17, 15) is 10.0 Å². The van der Waals surface area contributed by atoms with Crippen LogP contribution in [0.15, 0.2) is 15.8 Å². The number of hydrogen-bond acceptors (Lipinski definition) is 4. The lowest BCUT2D eigenvalue weighted by Gasteiger charge is -2.57. The number of halogens is 1. The number of fused-ring (bicyclic) bond motifs is 9. The number of carbonyl (C=O) groups is 1. The molecule has 0 bridgehead atoms. The molecule has 1 N–H and O–H groups in total. The molecule has 1 aliphatic heterocycles. The van der Waals surface area contributed by atoms with Crippen LogP contribution in [0.5, 0.6) is 0 Å². The lowest BCUT2D eigenvalue weighted by Crippen LogP contribution is -2.55. The third kappa shape index (κ3) is 1.91. The highest BCUT2D eigenvalue weighted by Crippen LogP contribution is 2.78. The number of oxime groups is 1. The van der Waals surface area contributed by atoms with Gasteiger partial charge >= 0.3 is 5.97 Å². The van der Waals surface area contributed by atoms with Crippen molar-refractivity contribution in [2.24, 2.45) is 46.1 Å². The third-order valence-electron chi connectivity index (χ3n) is 9.67. The molecule has 27 heavy (non-hydrogen) atoms. The van der Waals surface area contributed by atoms with Crippen LogP contribution in [0.4, 0.5) is 0 Å². The van der Waals surface area contributed by atoms with Crippen LogP contribution in [0.3, 0.4) is 0 Å². The summed E-state index contributed by atoms with van der Waals surface area (Å²) in [6.45, 7) is 2.45. The van der Waals surface area contributed by atoms with Gasteiger partial charge in [0.2, 0.25) is 0 Å². The highest BCUT2D eigenvalue weighted by atomic mass is 35.5. The number of allylic oxidation sites excluding steroid dienone is 2. The van der Waals surface area contributed by atoms with Gasteiger partial charge in [-0.3, -0.25) is 4.79 Å². The lowest BCUT2D eigenvalue weighted by atomic mass is 9.49. The van der Waals surface area contributed by atoms with Crippen LogP contribution in [0.1, 0.15) is 64.7 Å². The molecule has 5 heteroatoms. The SMILES string of the molecule is C[C@]12CCC3C(CCC4=C(Cl)/C(=N/O)CC[C@@H]43)C1C1CC1[C@@]21CCC(=O)O1. The molecular weight excluding hydrogens is 362 g/mol. The topological polar surface area (TPSA) is 58.9 Å². The maximum absolute atomic E-state index is 12.1. The van der Waals surface area contributed by atoms with Crippen LogP contribution in [0, 0.1) is 40.9 Å². The fraction of sp³-hybridized carbons (Fsp3) is 0.818. The highest BCUT2D eigenvalue weighted by molar-refractivity contribution is 6.44. The first kappa shape index (κ1) is 16.9. The first-order valence-corrected chi connectivity index (χ1v) is 11.2. The van der Waals surface area contributed by atoms with Gasteiger partial charge in [-0.1, -0.05) is 23.7 Å². The normalized spacial score (nSPS) is 54.4. The van der Waals surface area contributed by atoms with Gasteiger partial charge in [-0.05, 0) is 86.5 Å². The van der Waals surface area contributed by atoms with Crippen molar-refractivity contribution in [2.75, 3.05) is 0 Å². The zero-order valence-electron chi connectivity index (χ0n) is 15.9. The van der Waals surface area contributed by atoms with Crippen molar-refractivity contribution in [3.63, 3.8) is 0 Å². The summed E-state index contributed by atoms with van der Waals surface area (Å²) >= 11 is 6.61. The molecule has 5 unspecified atom stereocenters. The van der Waals surface area contributed by atoms with Gasteiger partial charge in [0.15, 0.2) is 0 Å². The molecule has 0 amide bonds. The maximum Gasteiger partial charge on any atom is 0.306 e. The lowest BCUT2D eigenvalue weighted by molar-refractivity contribution is -0.174. The molecule has 0 aromatic carbocycles. The quantitative estimate of drug-likeness (QED) is 0.364. The monoisotopic (exact) mass is 389 g/mol. The molecule has 1 heterocycles. The van der Waals surface area contributed by atoms with Crippen molar-refractivity contribution in [2.45, 2.75) is 70.3 Å². The zero-order chi connectivity index (χ0) is 18.6. The van der Waals surface area contributed by atoms with Crippen molar-refractivity contribution in [1.29, 1.82) is 0 Å². The minimum absolute atomic E-state index is 0.0356. The number of ether oxygens (including phenoxy) is 1. The second kappa shape index (κ2) is 5.31. The van der Waals surface area contributed by atoms with Crippen molar-refractivity contribution in [1.82, 2.24) is 0 Å². The summed E-state index contributed by atoms with van der Waals surface area (Å²) in [5.41, 5.74) is 2.06. The van der Waals surface area contributed by atoms with Gasteiger partial charge in [0.25, 0.3) is 0 Å². The Morgan fingerprint density at radius 3 is 2.70 bits per heavy atom. The Hall–Kier alpha value is -1.03. The molecule has 1 spiro atoms. The predicted octanol–water partition coefficient (Wildman–Crippen LogP) is 4.89. The Labute approximate surface area is 165 Å². The summed E-state index contributed by atoms with van der Waals surface area (Å²) in [6.07, 6.45) is 9.35. The van der Waals surface area contributed by atoms with Crippen LogP contribution in [-0.4, -0.2) is 22.5 Å². The molecule has 5 aliphatic carbocycles. The minimum atomic E-state index is -0.151. The molecule has 0 radical (unpaired) electrons. The minimum Gasteiger partial charge on any atom is -0.458 e. The van der Waals surface area contributed by atoms with Gasteiger partial charge in [-0.15, -0.1) is 0 Å². The Morgan fingerprint density at radius 2 is 1.96 bits per heavy atom. The van der Waals surface area contributed by atoms with E-state index in [4.69, 9.17) is 16.3 Å². The van der Waals surface area contributed by atoms with Gasteiger partial charge in [0.05, 0.1) is 10.7 Å². The molecule has 0 aromatic rings. The predicted molar refractivity (Wildman–Crippen MR) is 102 cm³/mol. The van der Waals surface area contributed by atoms with Gasteiger partial charge < -0.3 is 9.94 Å². The fourth-order valence-electron chi connectivity index (χ4n) is 8.70. The van der Waals surface area contributed by atoms with E-state index in [2.05, 4.69) is 12.1 Å². The first-order valence-electron chi connectivity index (χ1n) is 10.8. The first-order chi connectivity index (χ1) is 13.0. The van der Waals surface area contributed by atoms with E-state index in [0.717, 1.165) is 42.6 Å². The summed E-state index contributed by atoms with van der Waals surface area (Å²) in [5.74, 6) is 4.14. The Morgan fingerprint density at radius 1 is 1.11 bits per heavy atom. The largest absolute Gasteiger partial charge is 0.458 e. The van der Waals surface area contributed by atoms with E-state index in [1.165, 1.54) is 31.3 Å². The van der Waals surface area contributed by atoms with Crippen LogP contribution in [0.25, 0.3) is 0 Å². The molecule has 6 rings (SSSR count). The van der Waals surface area contributed by atoms with Gasteiger partial charge in [0, 0.05) is 17.8 Å². The number of nitrogens with zero attached hydrogens (tertiary/aromatic N) is 1. The average Bonchev–Trinajstić information content (AvgIpc) is 3.30. The molecule has 146 valence electrons. The van der Waals surface area contributed by atoms with E-state index >= 15 is 0 Å². The molecule has 8 atom stereocenters. The molecular formula is C22H28ClNO3. The van der Waals surface area contributed by atoms with Crippen molar-refractivity contribution in [3.8, 4) is 0 Å². The summed E-state index contributed by atoms with van der Waals surface area (Å²) in [7, 11) is 0. The fourth-order valence-corrected chi connectivity index (χ4v) is 9.07. The number of rotatable bonds is 0. The van der Waals surface area contributed by atoms with Crippen LogP contribution in [0.2, 0.25) is 0 Å². The van der Waals surface area contributed by atoms with Gasteiger partial charge in [0.1, 0.15) is 5.60 Å². The summed E-state index contributed by atoms with van der Waals surface area (Å²) in [5, 5.41) is 13.4. The molecule has 0 aromatic heterocycles. The number of hydrogen-bond donors (Lipinski definition) is 1. The molecule has 1 saturated heterocycles. The van der Waals surface area contributed by atoms with Gasteiger partial charge in [-0.25, -0.2) is 0 Å².